The fraction of sp³-hybridized carbons (Fsp3) is 0.250. The summed E-state index contributed by atoms with van der Waals surface area (Å²) in [4.78, 5) is 40.2. The van der Waals surface area contributed by atoms with Crippen molar-refractivity contribution >= 4 is 22.8 Å². The number of amides is 2. The molecule has 0 saturated carbocycles. The Morgan fingerprint density at radius 3 is 3.00 bits per heavy atom. The van der Waals surface area contributed by atoms with Crippen molar-refractivity contribution in [1.82, 2.24) is 24.8 Å². The maximum absolute atomic E-state index is 12.7. The van der Waals surface area contributed by atoms with Crippen LogP contribution in [0.15, 0.2) is 30.9 Å². The molecular formula is C16H16N6O2. The summed E-state index contributed by atoms with van der Waals surface area (Å²) in [6.45, 7) is 0.538. The monoisotopic (exact) mass is 324 g/mol. The van der Waals surface area contributed by atoms with Gasteiger partial charge in [-0.15, -0.1) is 0 Å². The second-order valence-corrected chi connectivity index (χ2v) is 5.82. The number of aromatic amines is 2. The van der Waals surface area contributed by atoms with E-state index in [9.17, 15) is 9.59 Å². The van der Waals surface area contributed by atoms with Gasteiger partial charge in [0.25, 0.3) is 5.91 Å². The SMILES string of the molecule is NC(=O)C1CCCN1C(=O)c1cc(-c2ncnc3[nH]ccc23)c[nH]1. The number of hydrogen-bond acceptors (Lipinski definition) is 4. The minimum absolute atomic E-state index is 0.220. The van der Waals surface area contributed by atoms with E-state index >= 15 is 0 Å². The van der Waals surface area contributed by atoms with Crippen LogP contribution in [0.25, 0.3) is 22.3 Å². The molecule has 2 amide bonds. The van der Waals surface area contributed by atoms with Gasteiger partial charge in [-0.05, 0) is 25.0 Å². The number of likely N-dealkylation sites (tertiary alicyclic amines) is 1. The highest BCUT2D eigenvalue weighted by atomic mass is 16.2. The highest BCUT2D eigenvalue weighted by Crippen LogP contribution is 2.26. The Bertz CT molecular complexity index is 927. The number of rotatable bonds is 3. The quantitative estimate of drug-likeness (QED) is 0.666. The molecule has 1 aliphatic heterocycles. The molecule has 0 radical (unpaired) electrons. The lowest BCUT2D eigenvalue weighted by atomic mass is 10.1. The minimum Gasteiger partial charge on any atom is -0.368 e. The molecule has 4 N–H and O–H groups in total. The predicted molar refractivity (Wildman–Crippen MR) is 86.9 cm³/mol. The minimum atomic E-state index is -0.528. The van der Waals surface area contributed by atoms with Gasteiger partial charge in [0.05, 0.1) is 5.69 Å². The molecule has 24 heavy (non-hydrogen) atoms. The summed E-state index contributed by atoms with van der Waals surface area (Å²) in [5.74, 6) is -0.681. The first-order valence-corrected chi connectivity index (χ1v) is 7.72. The van der Waals surface area contributed by atoms with E-state index in [0.717, 1.165) is 28.7 Å². The third kappa shape index (κ3) is 2.23. The van der Waals surface area contributed by atoms with Gasteiger partial charge in [-0.1, -0.05) is 0 Å². The van der Waals surface area contributed by atoms with E-state index in [4.69, 9.17) is 5.73 Å². The summed E-state index contributed by atoms with van der Waals surface area (Å²) in [6, 6.07) is 3.11. The van der Waals surface area contributed by atoms with Gasteiger partial charge in [0.2, 0.25) is 5.91 Å². The Morgan fingerprint density at radius 1 is 1.29 bits per heavy atom. The van der Waals surface area contributed by atoms with Gasteiger partial charge in [-0.25, -0.2) is 9.97 Å². The topological polar surface area (TPSA) is 121 Å². The van der Waals surface area contributed by atoms with E-state index in [0.29, 0.717) is 18.7 Å². The molecule has 0 bridgehead atoms. The molecule has 1 fully saturated rings. The molecule has 1 atom stereocenters. The zero-order valence-corrected chi connectivity index (χ0v) is 12.8. The molecule has 122 valence electrons. The Hall–Kier alpha value is -3.16. The van der Waals surface area contributed by atoms with Crippen LogP contribution in [0.1, 0.15) is 23.3 Å². The van der Waals surface area contributed by atoms with Crippen LogP contribution in [-0.4, -0.2) is 49.2 Å². The molecule has 3 aromatic heterocycles. The number of aromatic nitrogens is 4. The molecule has 0 aromatic carbocycles. The van der Waals surface area contributed by atoms with Crippen LogP contribution in [0, 0.1) is 0 Å². The lowest BCUT2D eigenvalue weighted by Gasteiger charge is -2.21. The first-order valence-electron chi connectivity index (χ1n) is 7.72. The highest BCUT2D eigenvalue weighted by Gasteiger charge is 2.33. The average molecular weight is 324 g/mol. The van der Waals surface area contributed by atoms with E-state index in [1.54, 1.807) is 18.5 Å². The van der Waals surface area contributed by atoms with Crippen molar-refractivity contribution < 1.29 is 9.59 Å². The molecule has 8 heteroatoms. The molecule has 1 aliphatic rings. The average Bonchev–Trinajstić information content (AvgIpc) is 3.31. The Kier molecular flexibility index (Phi) is 3.30. The molecule has 8 nitrogen and oxygen atoms in total. The van der Waals surface area contributed by atoms with Crippen molar-refractivity contribution in [3.05, 3.63) is 36.5 Å². The summed E-state index contributed by atoms with van der Waals surface area (Å²) < 4.78 is 0. The van der Waals surface area contributed by atoms with Crippen molar-refractivity contribution in [1.29, 1.82) is 0 Å². The van der Waals surface area contributed by atoms with Crippen molar-refractivity contribution in [2.75, 3.05) is 6.54 Å². The van der Waals surface area contributed by atoms with Crippen molar-refractivity contribution in [3.8, 4) is 11.3 Å². The smallest absolute Gasteiger partial charge is 0.270 e. The van der Waals surface area contributed by atoms with E-state index in [1.807, 2.05) is 6.07 Å². The van der Waals surface area contributed by atoms with E-state index in [1.165, 1.54) is 11.2 Å². The Balaban J connectivity index is 1.67. The molecule has 0 aliphatic carbocycles. The third-order valence-electron chi connectivity index (χ3n) is 4.38. The summed E-state index contributed by atoms with van der Waals surface area (Å²) >= 11 is 0. The van der Waals surface area contributed by atoms with Crippen LogP contribution in [0.5, 0.6) is 0 Å². The van der Waals surface area contributed by atoms with Crippen molar-refractivity contribution in [3.63, 3.8) is 0 Å². The van der Waals surface area contributed by atoms with E-state index < -0.39 is 11.9 Å². The lowest BCUT2D eigenvalue weighted by Crippen LogP contribution is -2.43. The summed E-state index contributed by atoms with van der Waals surface area (Å²) in [6.07, 6.45) is 6.40. The standard InChI is InChI=1S/C16H16N6O2/c17-14(23)12-2-1-5-22(12)16(24)11-6-9(7-19-11)13-10-3-4-18-15(10)21-8-20-13/h3-4,6-8,12,19H,1-2,5H2,(H2,17,23)(H,18,20,21). The van der Waals surface area contributed by atoms with Crippen molar-refractivity contribution in [2.45, 2.75) is 18.9 Å². The number of nitrogens with two attached hydrogens (primary N) is 1. The zero-order chi connectivity index (χ0) is 16.7. The summed E-state index contributed by atoms with van der Waals surface area (Å²) in [5, 5.41) is 0.881. The fourth-order valence-electron chi connectivity index (χ4n) is 3.22. The highest BCUT2D eigenvalue weighted by molar-refractivity contribution is 5.98. The van der Waals surface area contributed by atoms with Gasteiger partial charge >= 0.3 is 0 Å². The van der Waals surface area contributed by atoms with Crippen LogP contribution in [0.2, 0.25) is 0 Å². The van der Waals surface area contributed by atoms with Crippen LogP contribution in [0.4, 0.5) is 0 Å². The maximum Gasteiger partial charge on any atom is 0.270 e. The molecule has 4 heterocycles. The van der Waals surface area contributed by atoms with Crippen LogP contribution in [-0.2, 0) is 4.79 Å². The predicted octanol–water partition coefficient (Wildman–Crippen LogP) is 1.04. The second-order valence-electron chi connectivity index (χ2n) is 5.82. The molecule has 1 saturated heterocycles. The van der Waals surface area contributed by atoms with E-state index in [2.05, 4.69) is 19.9 Å². The van der Waals surface area contributed by atoms with Gasteiger partial charge in [-0.3, -0.25) is 9.59 Å². The molecule has 3 aromatic rings. The third-order valence-corrected chi connectivity index (χ3v) is 4.38. The van der Waals surface area contributed by atoms with E-state index in [-0.39, 0.29) is 5.91 Å². The zero-order valence-electron chi connectivity index (χ0n) is 12.8. The van der Waals surface area contributed by atoms with Gasteiger partial charge in [0.1, 0.15) is 23.7 Å². The number of carbonyl (C=O) groups excluding carboxylic acids is 2. The largest absolute Gasteiger partial charge is 0.368 e. The lowest BCUT2D eigenvalue weighted by molar-refractivity contribution is -0.121. The number of nitrogens with one attached hydrogen (secondary N) is 2. The molecule has 4 rings (SSSR count). The summed E-state index contributed by atoms with van der Waals surface area (Å²) in [5.41, 5.74) is 8.07. The van der Waals surface area contributed by atoms with Crippen LogP contribution >= 0.6 is 0 Å². The number of primary amides is 1. The maximum atomic E-state index is 12.7. The molecule has 1 unspecified atom stereocenters. The second kappa shape index (κ2) is 5.48. The van der Waals surface area contributed by atoms with Gasteiger partial charge < -0.3 is 20.6 Å². The number of nitrogens with zero attached hydrogens (tertiary/aromatic N) is 3. The molecule has 0 spiro atoms. The first-order chi connectivity index (χ1) is 11.6. The number of hydrogen-bond donors (Lipinski definition) is 3. The fourth-order valence-corrected chi connectivity index (χ4v) is 3.22. The van der Waals surface area contributed by atoms with Crippen LogP contribution < -0.4 is 5.73 Å². The van der Waals surface area contributed by atoms with Gasteiger partial charge in [0.15, 0.2) is 0 Å². The Labute approximate surface area is 137 Å². The number of carbonyl (C=O) groups is 2. The summed E-state index contributed by atoms with van der Waals surface area (Å²) in [7, 11) is 0. The Morgan fingerprint density at radius 2 is 2.17 bits per heavy atom. The van der Waals surface area contributed by atoms with Gasteiger partial charge in [-0.2, -0.15) is 0 Å². The molecular weight excluding hydrogens is 308 g/mol. The number of fused-ring (bicyclic) bond motifs is 1. The van der Waals surface area contributed by atoms with Gasteiger partial charge in [0, 0.05) is 29.9 Å². The van der Waals surface area contributed by atoms with Crippen LogP contribution in [0.3, 0.4) is 0 Å². The first kappa shape index (κ1) is 14.4. The normalized spacial score (nSPS) is 17.5. The number of H-pyrrole nitrogens is 2. The van der Waals surface area contributed by atoms with Crippen molar-refractivity contribution in [2.24, 2.45) is 5.73 Å².